The molecular weight excluding hydrogens is 416 g/mol. The highest BCUT2D eigenvalue weighted by atomic mass is 16.5. The zero-order valence-corrected chi connectivity index (χ0v) is 19.6. The molecule has 0 unspecified atom stereocenters. The van der Waals surface area contributed by atoms with E-state index < -0.39 is 0 Å². The Morgan fingerprint density at radius 1 is 1.15 bits per heavy atom. The summed E-state index contributed by atoms with van der Waals surface area (Å²) >= 11 is 0. The number of hydrogen-bond acceptors (Lipinski definition) is 5. The van der Waals surface area contributed by atoms with Crippen LogP contribution in [0, 0.1) is 13.8 Å². The lowest BCUT2D eigenvalue weighted by atomic mass is 10.0. The van der Waals surface area contributed by atoms with E-state index in [9.17, 15) is 9.59 Å². The number of aryl methyl sites for hydroxylation is 2. The Bertz CT molecular complexity index is 1190. The molecule has 1 aliphatic rings. The number of nitrogens with zero attached hydrogens (tertiary/aromatic N) is 1. The van der Waals surface area contributed by atoms with Gasteiger partial charge in [0.25, 0.3) is 0 Å². The average Bonchev–Trinajstić information content (AvgIpc) is 2.80. The first-order valence-electron chi connectivity index (χ1n) is 11.6. The molecule has 0 atom stereocenters. The molecule has 0 spiro atoms. The number of benzene rings is 2. The molecule has 1 fully saturated rings. The highest BCUT2D eigenvalue weighted by molar-refractivity contribution is 5.82. The first kappa shape index (κ1) is 23.1. The number of amides is 1. The van der Waals surface area contributed by atoms with Gasteiger partial charge in [-0.15, -0.1) is 0 Å². The molecule has 0 aliphatic carbocycles. The standard InChI is InChI=1S/C27H32N2O4/c1-18-5-4-6-20(15-18)17-29-13-11-21(12-14-29)28-26(30)10-9-24-19(2)23-8-7-22(32-3)16-25(23)33-27(24)31/h4-8,15-16,21H,9-14,17H2,1-3H3,(H,28,30). The van der Waals surface area contributed by atoms with Crippen LogP contribution in [-0.4, -0.2) is 37.0 Å². The fraction of sp³-hybridized carbons (Fsp3) is 0.407. The van der Waals surface area contributed by atoms with Crippen LogP contribution in [0.3, 0.4) is 0 Å². The van der Waals surface area contributed by atoms with Gasteiger partial charge in [0.1, 0.15) is 11.3 Å². The predicted molar refractivity (Wildman–Crippen MR) is 130 cm³/mol. The Hall–Kier alpha value is -3.12. The molecular formula is C27H32N2O4. The number of fused-ring (bicyclic) bond motifs is 1. The molecule has 0 bridgehead atoms. The number of ether oxygens (including phenoxy) is 1. The Morgan fingerprint density at radius 3 is 2.67 bits per heavy atom. The van der Waals surface area contributed by atoms with E-state index in [0.29, 0.717) is 23.3 Å². The number of carbonyl (C=O) groups is 1. The monoisotopic (exact) mass is 448 g/mol. The Morgan fingerprint density at radius 2 is 1.94 bits per heavy atom. The van der Waals surface area contributed by atoms with Gasteiger partial charge in [-0.2, -0.15) is 0 Å². The second-order valence-electron chi connectivity index (χ2n) is 8.96. The zero-order valence-electron chi connectivity index (χ0n) is 19.6. The summed E-state index contributed by atoms with van der Waals surface area (Å²) in [5, 5.41) is 4.03. The summed E-state index contributed by atoms with van der Waals surface area (Å²) in [6.07, 6.45) is 2.53. The molecule has 6 heteroatoms. The van der Waals surface area contributed by atoms with Crippen molar-refractivity contribution in [3.05, 3.63) is 75.1 Å². The zero-order chi connectivity index (χ0) is 23.4. The SMILES string of the molecule is COc1ccc2c(C)c(CCC(=O)NC3CCN(Cc4cccc(C)c4)CC3)c(=O)oc2c1. The van der Waals surface area contributed by atoms with Crippen LogP contribution in [0.15, 0.2) is 51.7 Å². The summed E-state index contributed by atoms with van der Waals surface area (Å²) in [5.41, 5.74) is 4.16. The van der Waals surface area contributed by atoms with Crippen LogP contribution in [0.25, 0.3) is 11.0 Å². The van der Waals surface area contributed by atoms with Gasteiger partial charge in [0.05, 0.1) is 7.11 Å². The minimum Gasteiger partial charge on any atom is -0.497 e. The molecule has 1 saturated heterocycles. The van der Waals surface area contributed by atoms with Crippen molar-refractivity contribution in [2.45, 2.75) is 52.1 Å². The van der Waals surface area contributed by atoms with Gasteiger partial charge in [0, 0.05) is 49.1 Å². The van der Waals surface area contributed by atoms with Gasteiger partial charge in [-0.05, 0) is 56.4 Å². The molecule has 174 valence electrons. The van der Waals surface area contributed by atoms with Crippen molar-refractivity contribution in [2.24, 2.45) is 0 Å². The Kier molecular flexibility index (Phi) is 7.14. The molecule has 2 aromatic carbocycles. The fourth-order valence-electron chi connectivity index (χ4n) is 4.63. The molecule has 2 heterocycles. The summed E-state index contributed by atoms with van der Waals surface area (Å²) < 4.78 is 10.7. The van der Waals surface area contributed by atoms with E-state index in [1.165, 1.54) is 11.1 Å². The minimum absolute atomic E-state index is 0.0132. The van der Waals surface area contributed by atoms with Crippen molar-refractivity contribution in [1.82, 2.24) is 10.2 Å². The summed E-state index contributed by atoms with van der Waals surface area (Å²) in [5.74, 6) is 0.628. The van der Waals surface area contributed by atoms with Crippen LogP contribution in [0.4, 0.5) is 0 Å². The van der Waals surface area contributed by atoms with Crippen LogP contribution in [0.2, 0.25) is 0 Å². The van der Waals surface area contributed by atoms with Crippen LogP contribution >= 0.6 is 0 Å². The lowest BCUT2D eigenvalue weighted by Gasteiger charge is -2.32. The quantitative estimate of drug-likeness (QED) is 0.550. The maximum Gasteiger partial charge on any atom is 0.339 e. The number of hydrogen-bond donors (Lipinski definition) is 1. The van der Waals surface area contributed by atoms with Gasteiger partial charge in [0.15, 0.2) is 0 Å². The number of piperidine rings is 1. The number of methoxy groups -OCH3 is 1. The Labute approximate surface area is 194 Å². The lowest BCUT2D eigenvalue weighted by molar-refractivity contribution is -0.122. The normalized spacial score (nSPS) is 15.0. The van der Waals surface area contributed by atoms with Crippen LogP contribution in [0.1, 0.15) is 41.5 Å². The maximum absolute atomic E-state index is 12.6. The molecule has 4 rings (SSSR count). The van der Waals surface area contributed by atoms with Crippen LogP contribution < -0.4 is 15.7 Å². The van der Waals surface area contributed by atoms with Crippen LogP contribution in [-0.2, 0) is 17.8 Å². The van der Waals surface area contributed by atoms with E-state index in [1.807, 2.05) is 19.1 Å². The molecule has 0 radical (unpaired) electrons. The largest absolute Gasteiger partial charge is 0.497 e. The minimum atomic E-state index is -0.384. The van der Waals surface area contributed by atoms with Crippen molar-refractivity contribution in [3.63, 3.8) is 0 Å². The van der Waals surface area contributed by atoms with Gasteiger partial charge in [-0.3, -0.25) is 9.69 Å². The third-order valence-electron chi connectivity index (χ3n) is 6.54. The van der Waals surface area contributed by atoms with Gasteiger partial charge in [0.2, 0.25) is 5.91 Å². The molecule has 1 N–H and O–H groups in total. The smallest absolute Gasteiger partial charge is 0.339 e. The highest BCUT2D eigenvalue weighted by Gasteiger charge is 2.21. The van der Waals surface area contributed by atoms with E-state index >= 15 is 0 Å². The Balaban J connectivity index is 1.29. The third kappa shape index (κ3) is 5.63. The van der Waals surface area contributed by atoms with Gasteiger partial charge < -0.3 is 14.5 Å². The second-order valence-corrected chi connectivity index (χ2v) is 8.96. The van der Waals surface area contributed by atoms with Crippen molar-refractivity contribution in [1.29, 1.82) is 0 Å². The summed E-state index contributed by atoms with van der Waals surface area (Å²) in [6, 6.07) is 14.3. The second kappa shape index (κ2) is 10.2. The van der Waals surface area contributed by atoms with Crippen molar-refractivity contribution in [2.75, 3.05) is 20.2 Å². The molecule has 3 aromatic rings. The molecule has 0 saturated carbocycles. The van der Waals surface area contributed by atoms with E-state index in [2.05, 4.69) is 41.4 Å². The number of nitrogens with one attached hydrogen (secondary N) is 1. The van der Waals surface area contributed by atoms with Crippen molar-refractivity contribution < 1.29 is 13.9 Å². The summed E-state index contributed by atoms with van der Waals surface area (Å²) in [6.45, 7) is 6.91. The van der Waals surface area contributed by atoms with E-state index in [-0.39, 0.29) is 24.0 Å². The van der Waals surface area contributed by atoms with E-state index in [4.69, 9.17) is 9.15 Å². The lowest BCUT2D eigenvalue weighted by Crippen LogP contribution is -2.44. The van der Waals surface area contributed by atoms with Crippen molar-refractivity contribution >= 4 is 16.9 Å². The predicted octanol–water partition coefficient (Wildman–Crippen LogP) is 4.13. The summed E-state index contributed by atoms with van der Waals surface area (Å²) in [4.78, 5) is 27.5. The molecule has 6 nitrogen and oxygen atoms in total. The van der Waals surface area contributed by atoms with E-state index in [1.54, 1.807) is 13.2 Å². The molecule has 33 heavy (non-hydrogen) atoms. The first-order chi connectivity index (χ1) is 15.9. The third-order valence-corrected chi connectivity index (χ3v) is 6.54. The first-order valence-corrected chi connectivity index (χ1v) is 11.6. The van der Waals surface area contributed by atoms with Crippen LogP contribution in [0.5, 0.6) is 5.75 Å². The molecule has 1 amide bonds. The maximum atomic E-state index is 12.6. The van der Waals surface area contributed by atoms with Gasteiger partial charge in [-0.25, -0.2) is 4.79 Å². The number of likely N-dealkylation sites (tertiary alicyclic amines) is 1. The van der Waals surface area contributed by atoms with Gasteiger partial charge in [-0.1, -0.05) is 29.8 Å². The summed E-state index contributed by atoms with van der Waals surface area (Å²) in [7, 11) is 1.58. The highest BCUT2D eigenvalue weighted by Crippen LogP contribution is 2.24. The topological polar surface area (TPSA) is 71.8 Å². The van der Waals surface area contributed by atoms with Crippen molar-refractivity contribution in [3.8, 4) is 5.75 Å². The molecule has 1 aromatic heterocycles. The number of rotatable bonds is 7. The van der Waals surface area contributed by atoms with E-state index in [0.717, 1.165) is 43.4 Å². The van der Waals surface area contributed by atoms with Gasteiger partial charge >= 0.3 is 5.63 Å². The fourth-order valence-corrected chi connectivity index (χ4v) is 4.63. The number of carbonyl (C=O) groups excluding carboxylic acids is 1. The molecule has 1 aliphatic heterocycles. The average molecular weight is 449 g/mol.